The molecule has 0 radical (unpaired) electrons. The summed E-state index contributed by atoms with van der Waals surface area (Å²) in [5, 5.41) is 10.5. The predicted molar refractivity (Wildman–Crippen MR) is 156 cm³/mol. The zero-order chi connectivity index (χ0) is 28.5. The molecule has 3 N–H and O–H groups in total. The lowest BCUT2D eigenvalue weighted by molar-refractivity contribution is -0.143. The summed E-state index contributed by atoms with van der Waals surface area (Å²) in [7, 11) is 1.66. The van der Waals surface area contributed by atoms with Crippen LogP contribution in [0.1, 0.15) is 61.6 Å². The first-order chi connectivity index (χ1) is 19.5. The number of likely N-dealkylation sites (tertiary alicyclic amines) is 1. The first-order valence-corrected chi connectivity index (χ1v) is 14.8. The van der Waals surface area contributed by atoms with Gasteiger partial charge >= 0.3 is 5.97 Å². The highest BCUT2D eigenvalue weighted by molar-refractivity contribution is 5.79. The number of unbranched alkanes of at least 4 members (excludes halogenated alkanes) is 2. The second kappa shape index (κ2) is 14.5. The number of benzene rings is 2. The zero-order valence-electron chi connectivity index (χ0n) is 24.0. The van der Waals surface area contributed by atoms with E-state index >= 15 is 0 Å². The number of amides is 1. The molecule has 8 nitrogen and oxygen atoms in total. The highest BCUT2D eigenvalue weighted by Gasteiger charge is 2.47. The van der Waals surface area contributed by atoms with Crippen LogP contribution in [0.3, 0.4) is 0 Å². The number of para-hydroxylation sites is 1. The van der Waals surface area contributed by atoms with Gasteiger partial charge in [-0.25, -0.2) is 0 Å². The third kappa shape index (κ3) is 7.15. The summed E-state index contributed by atoms with van der Waals surface area (Å²) >= 11 is 0. The Balaban J connectivity index is 1.60. The van der Waals surface area contributed by atoms with E-state index in [4.69, 9.17) is 15.2 Å². The van der Waals surface area contributed by atoms with Gasteiger partial charge in [0.25, 0.3) is 0 Å². The molecule has 0 aliphatic carbocycles. The number of carboxylic acid groups (broad SMARTS) is 1. The van der Waals surface area contributed by atoms with Crippen LogP contribution in [0.2, 0.25) is 0 Å². The standard InChI is InChI=1S/C32H45N3O5/c1-3-4-17-34(18-8-7-16-33)30(36)22-35-21-26(24-12-14-29-25(20-24)15-19-40-29)31(32(37)38)27(35)13-11-23-9-5-6-10-28(23)39-2/h5-6,9-10,12,14,20,26-27,31H,3-4,7-8,11,13,15-19,21-22,33H2,1-2H3,(H,37,38). The summed E-state index contributed by atoms with van der Waals surface area (Å²) in [5.41, 5.74) is 8.90. The molecule has 2 aromatic carbocycles. The van der Waals surface area contributed by atoms with Crippen LogP contribution in [0.5, 0.6) is 11.5 Å². The molecule has 0 bridgehead atoms. The van der Waals surface area contributed by atoms with Crippen molar-refractivity contribution in [3.8, 4) is 11.5 Å². The molecule has 0 saturated carbocycles. The number of hydrogen-bond donors (Lipinski definition) is 2. The SMILES string of the molecule is CCCCN(CCCCN)C(=O)CN1CC(c2ccc3c(c2)CCO3)C(C(=O)O)C1CCc1ccccc1OC. The van der Waals surface area contributed by atoms with Crippen LogP contribution < -0.4 is 15.2 Å². The van der Waals surface area contributed by atoms with Crippen molar-refractivity contribution in [3.63, 3.8) is 0 Å². The first-order valence-electron chi connectivity index (χ1n) is 14.8. The number of rotatable bonds is 15. The van der Waals surface area contributed by atoms with Gasteiger partial charge in [0.2, 0.25) is 5.91 Å². The van der Waals surface area contributed by atoms with Crippen molar-refractivity contribution in [1.29, 1.82) is 0 Å². The van der Waals surface area contributed by atoms with Gasteiger partial charge in [-0.3, -0.25) is 14.5 Å². The highest BCUT2D eigenvalue weighted by Crippen LogP contribution is 2.41. The van der Waals surface area contributed by atoms with Gasteiger partial charge in [-0.1, -0.05) is 43.7 Å². The number of ether oxygens (including phenoxy) is 2. The van der Waals surface area contributed by atoms with Crippen molar-refractivity contribution in [2.45, 2.75) is 63.8 Å². The molecule has 8 heteroatoms. The van der Waals surface area contributed by atoms with Crippen molar-refractivity contribution >= 4 is 11.9 Å². The lowest BCUT2D eigenvalue weighted by Gasteiger charge is -2.30. The first kappa shape index (κ1) is 29.9. The van der Waals surface area contributed by atoms with Crippen molar-refractivity contribution in [2.75, 3.05) is 46.4 Å². The molecular weight excluding hydrogens is 506 g/mol. The second-order valence-corrected chi connectivity index (χ2v) is 11.0. The molecule has 2 aromatic rings. The maximum Gasteiger partial charge on any atom is 0.308 e. The summed E-state index contributed by atoms with van der Waals surface area (Å²) in [6, 6.07) is 13.7. The Morgan fingerprint density at radius 1 is 1.15 bits per heavy atom. The number of aliphatic carboxylic acids is 1. The van der Waals surface area contributed by atoms with Gasteiger partial charge in [0, 0.05) is 38.0 Å². The molecule has 2 heterocycles. The molecular formula is C32H45N3O5. The van der Waals surface area contributed by atoms with E-state index in [1.54, 1.807) is 7.11 Å². The van der Waals surface area contributed by atoms with Crippen molar-refractivity contribution in [1.82, 2.24) is 9.80 Å². The topological polar surface area (TPSA) is 105 Å². The number of carbonyl (C=O) groups is 2. The summed E-state index contributed by atoms with van der Waals surface area (Å²) < 4.78 is 11.3. The van der Waals surface area contributed by atoms with Gasteiger partial charge in [0.1, 0.15) is 11.5 Å². The molecule has 40 heavy (non-hydrogen) atoms. The molecule has 2 aliphatic rings. The second-order valence-electron chi connectivity index (χ2n) is 11.0. The Bertz CT molecular complexity index is 1140. The summed E-state index contributed by atoms with van der Waals surface area (Å²) in [6.45, 7) is 5.55. The smallest absolute Gasteiger partial charge is 0.308 e. The lowest BCUT2D eigenvalue weighted by Crippen LogP contribution is -2.45. The van der Waals surface area contributed by atoms with Crippen LogP contribution in [0.4, 0.5) is 0 Å². The van der Waals surface area contributed by atoms with Gasteiger partial charge in [-0.05, 0) is 67.5 Å². The van der Waals surface area contributed by atoms with Crippen LogP contribution in [0, 0.1) is 5.92 Å². The van der Waals surface area contributed by atoms with E-state index in [0.717, 1.165) is 66.8 Å². The fourth-order valence-electron chi connectivity index (χ4n) is 6.27. The van der Waals surface area contributed by atoms with E-state index < -0.39 is 11.9 Å². The fourth-order valence-corrected chi connectivity index (χ4v) is 6.27. The number of methoxy groups -OCH3 is 1. The molecule has 0 aromatic heterocycles. The fraction of sp³-hybridized carbons (Fsp3) is 0.562. The minimum absolute atomic E-state index is 0.0694. The van der Waals surface area contributed by atoms with Crippen molar-refractivity contribution < 1.29 is 24.2 Å². The Hall–Kier alpha value is -3.10. The molecule has 218 valence electrons. The van der Waals surface area contributed by atoms with Gasteiger partial charge in [0.15, 0.2) is 0 Å². The van der Waals surface area contributed by atoms with E-state index in [-0.39, 0.29) is 24.4 Å². The molecule has 3 atom stereocenters. The lowest BCUT2D eigenvalue weighted by atomic mass is 9.83. The predicted octanol–water partition coefficient (Wildman–Crippen LogP) is 4.10. The van der Waals surface area contributed by atoms with Crippen molar-refractivity contribution in [3.05, 3.63) is 59.2 Å². The minimum Gasteiger partial charge on any atom is -0.496 e. The van der Waals surface area contributed by atoms with E-state index in [2.05, 4.69) is 17.9 Å². The quantitative estimate of drug-likeness (QED) is 0.321. The molecule has 1 amide bonds. The molecule has 3 unspecified atom stereocenters. The number of carboxylic acids is 1. The van der Waals surface area contributed by atoms with Crippen LogP contribution in [-0.2, 0) is 22.4 Å². The van der Waals surface area contributed by atoms with Gasteiger partial charge in [0.05, 0.1) is 26.2 Å². The van der Waals surface area contributed by atoms with Crippen molar-refractivity contribution in [2.24, 2.45) is 11.7 Å². The average Bonchev–Trinajstić information content (AvgIpc) is 3.58. The van der Waals surface area contributed by atoms with Crippen LogP contribution in [0.15, 0.2) is 42.5 Å². The number of fused-ring (bicyclic) bond motifs is 1. The molecule has 0 spiro atoms. The normalized spacial score (nSPS) is 20.2. The van der Waals surface area contributed by atoms with Gasteiger partial charge in [-0.15, -0.1) is 0 Å². The van der Waals surface area contributed by atoms with E-state index in [0.29, 0.717) is 39.1 Å². The molecule has 2 aliphatic heterocycles. The summed E-state index contributed by atoms with van der Waals surface area (Å²) in [6.07, 6.45) is 5.84. The monoisotopic (exact) mass is 551 g/mol. The largest absolute Gasteiger partial charge is 0.496 e. The third-order valence-electron chi connectivity index (χ3n) is 8.43. The van der Waals surface area contributed by atoms with E-state index in [9.17, 15) is 14.7 Å². The Morgan fingerprint density at radius 2 is 1.95 bits per heavy atom. The number of nitrogens with zero attached hydrogens (tertiary/aromatic N) is 2. The molecule has 4 rings (SSSR count). The third-order valence-corrected chi connectivity index (χ3v) is 8.43. The van der Waals surface area contributed by atoms with E-state index in [1.807, 2.05) is 41.3 Å². The van der Waals surface area contributed by atoms with Crippen LogP contribution in [0.25, 0.3) is 0 Å². The Kier molecular flexibility index (Phi) is 10.8. The summed E-state index contributed by atoms with van der Waals surface area (Å²) in [5.74, 6) is 0.116. The zero-order valence-corrected chi connectivity index (χ0v) is 24.0. The maximum absolute atomic E-state index is 13.7. The molecule has 1 fully saturated rings. The maximum atomic E-state index is 13.7. The number of nitrogens with two attached hydrogens (primary N) is 1. The highest BCUT2D eigenvalue weighted by atomic mass is 16.5. The minimum atomic E-state index is -0.812. The molecule has 1 saturated heterocycles. The van der Waals surface area contributed by atoms with Crippen LogP contribution >= 0.6 is 0 Å². The van der Waals surface area contributed by atoms with Gasteiger partial charge in [-0.2, -0.15) is 0 Å². The van der Waals surface area contributed by atoms with Crippen LogP contribution in [-0.4, -0.2) is 79.3 Å². The summed E-state index contributed by atoms with van der Waals surface area (Å²) in [4.78, 5) is 30.6. The number of carbonyl (C=O) groups excluding carboxylic acids is 1. The van der Waals surface area contributed by atoms with E-state index in [1.165, 1.54) is 0 Å². The Labute approximate surface area is 238 Å². The number of aryl methyl sites for hydroxylation is 1. The van der Waals surface area contributed by atoms with Gasteiger partial charge < -0.3 is 25.2 Å². The average molecular weight is 552 g/mol. The number of hydrogen-bond acceptors (Lipinski definition) is 6. The Morgan fingerprint density at radius 3 is 2.70 bits per heavy atom.